The molecule has 0 saturated carbocycles. The lowest BCUT2D eigenvalue weighted by Crippen LogP contribution is -1.96. The van der Waals surface area contributed by atoms with Gasteiger partial charge in [0.1, 0.15) is 5.82 Å². The molecule has 0 spiro atoms. The van der Waals surface area contributed by atoms with Crippen LogP contribution < -0.4 is 25.7 Å². The SMILES string of the molecule is COc1cc(-c2nc(N)[nH]c2-c2ccc(N)nc2)cc(OC)c1OC. The molecule has 0 fully saturated rings. The minimum atomic E-state index is 0.288. The summed E-state index contributed by atoms with van der Waals surface area (Å²) in [5.41, 5.74) is 14.5. The van der Waals surface area contributed by atoms with Crippen molar-refractivity contribution in [3.8, 4) is 39.8 Å². The van der Waals surface area contributed by atoms with Crippen LogP contribution in [0.1, 0.15) is 0 Å². The Balaban J connectivity index is 2.19. The monoisotopic (exact) mass is 341 g/mol. The maximum atomic E-state index is 5.88. The van der Waals surface area contributed by atoms with Gasteiger partial charge in [-0.1, -0.05) is 0 Å². The Bertz CT molecular complexity index is 865. The molecule has 0 aliphatic carbocycles. The lowest BCUT2D eigenvalue weighted by atomic mass is 10.1. The molecule has 5 N–H and O–H groups in total. The minimum Gasteiger partial charge on any atom is -0.493 e. The summed E-state index contributed by atoms with van der Waals surface area (Å²) in [5, 5.41) is 0. The van der Waals surface area contributed by atoms with Crippen LogP contribution in [0.3, 0.4) is 0 Å². The van der Waals surface area contributed by atoms with E-state index in [0.717, 1.165) is 16.8 Å². The number of nitrogens with two attached hydrogens (primary N) is 2. The van der Waals surface area contributed by atoms with E-state index in [1.54, 1.807) is 33.6 Å². The second-order valence-electron chi connectivity index (χ2n) is 5.23. The summed E-state index contributed by atoms with van der Waals surface area (Å²) in [4.78, 5) is 11.6. The zero-order chi connectivity index (χ0) is 18.0. The molecule has 8 heteroatoms. The van der Waals surface area contributed by atoms with Gasteiger partial charge in [-0.3, -0.25) is 0 Å². The average Bonchev–Trinajstić information content (AvgIpc) is 3.02. The number of hydrogen-bond acceptors (Lipinski definition) is 7. The maximum absolute atomic E-state index is 5.88. The summed E-state index contributed by atoms with van der Waals surface area (Å²) in [6.07, 6.45) is 1.66. The summed E-state index contributed by atoms with van der Waals surface area (Å²) in [5.74, 6) is 2.29. The third-order valence-electron chi connectivity index (χ3n) is 3.74. The summed E-state index contributed by atoms with van der Waals surface area (Å²) < 4.78 is 16.2. The van der Waals surface area contributed by atoms with E-state index < -0.39 is 0 Å². The zero-order valence-electron chi connectivity index (χ0n) is 14.2. The van der Waals surface area contributed by atoms with Crippen LogP contribution in [0.4, 0.5) is 11.8 Å². The molecule has 2 aromatic heterocycles. The number of methoxy groups -OCH3 is 3. The van der Waals surface area contributed by atoms with E-state index in [2.05, 4.69) is 15.0 Å². The van der Waals surface area contributed by atoms with Gasteiger partial charge in [-0.25, -0.2) is 9.97 Å². The quantitative estimate of drug-likeness (QED) is 0.651. The third kappa shape index (κ3) is 3.01. The number of imidazole rings is 1. The lowest BCUT2D eigenvalue weighted by Gasteiger charge is -2.14. The lowest BCUT2D eigenvalue weighted by molar-refractivity contribution is 0.324. The van der Waals surface area contributed by atoms with Crippen LogP contribution in [0, 0.1) is 0 Å². The van der Waals surface area contributed by atoms with Crippen molar-refractivity contribution in [1.82, 2.24) is 15.0 Å². The Morgan fingerprint density at radius 2 is 1.60 bits per heavy atom. The first-order valence-electron chi connectivity index (χ1n) is 7.45. The molecule has 0 saturated heterocycles. The van der Waals surface area contributed by atoms with Crippen molar-refractivity contribution in [2.45, 2.75) is 0 Å². The number of anilines is 2. The van der Waals surface area contributed by atoms with Gasteiger partial charge in [0.05, 0.1) is 32.7 Å². The predicted octanol–water partition coefficient (Wildman–Crippen LogP) is 2.33. The fourth-order valence-corrected chi connectivity index (χ4v) is 2.58. The Morgan fingerprint density at radius 1 is 0.920 bits per heavy atom. The van der Waals surface area contributed by atoms with Gasteiger partial charge in [-0.05, 0) is 24.3 Å². The largest absolute Gasteiger partial charge is 0.493 e. The minimum absolute atomic E-state index is 0.288. The van der Waals surface area contributed by atoms with Crippen LogP contribution in [0.15, 0.2) is 30.5 Å². The Kier molecular flexibility index (Phi) is 4.34. The summed E-state index contributed by atoms with van der Waals surface area (Å²) in [6, 6.07) is 7.18. The van der Waals surface area contributed by atoms with E-state index >= 15 is 0 Å². The molecule has 0 bridgehead atoms. The average molecular weight is 341 g/mol. The molecule has 0 radical (unpaired) electrons. The number of nitrogens with zero attached hydrogens (tertiary/aromatic N) is 2. The number of nitrogen functional groups attached to an aromatic ring is 2. The second-order valence-corrected chi connectivity index (χ2v) is 5.23. The van der Waals surface area contributed by atoms with Crippen LogP contribution in [0.5, 0.6) is 17.2 Å². The summed E-state index contributed by atoms with van der Waals surface area (Å²) in [6.45, 7) is 0. The standard InChI is InChI=1S/C17H19N5O3/c1-23-11-6-10(7-12(24-2)16(11)25-3)15-14(21-17(19)22-15)9-4-5-13(18)20-8-9/h4-8H,1-3H3,(H2,18,20)(H3,19,21,22). The van der Waals surface area contributed by atoms with Gasteiger partial charge in [0.25, 0.3) is 0 Å². The highest BCUT2D eigenvalue weighted by molar-refractivity contribution is 5.82. The van der Waals surface area contributed by atoms with Crippen LogP contribution >= 0.6 is 0 Å². The van der Waals surface area contributed by atoms with Crippen LogP contribution in [-0.2, 0) is 0 Å². The van der Waals surface area contributed by atoms with E-state index in [0.29, 0.717) is 28.8 Å². The Labute approximate surface area is 144 Å². The molecule has 0 atom stereocenters. The van der Waals surface area contributed by atoms with Crippen LogP contribution in [-0.4, -0.2) is 36.3 Å². The number of pyridine rings is 1. The molecule has 8 nitrogen and oxygen atoms in total. The van der Waals surface area contributed by atoms with Gasteiger partial charge in [-0.2, -0.15) is 0 Å². The van der Waals surface area contributed by atoms with Crippen molar-refractivity contribution in [3.63, 3.8) is 0 Å². The van der Waals surface area contributed by atoms with Gasteiger partial charge in [0, 0.05) is 17.3 Å². The van der Waals surface area contributed by atoms with E-state index in [9.17, 15) is 0 Å². The molecule has 0 aliphatic heterocycles. The molecular formula is C17H19N5O3. The maximum Gasteiger partial charge on any atom is 0.203 e. The first-order valence-corrected chi connectivity index (χ1v) is 7.45. The van der Waals surface area contributed by atoms with E-state index in [1.807, 2.05) is 18.2 Å². The molecule has 0 amide bonds. The molecule has 25 heavy (non-hydrogen) atoms. The molecule has 3 aromatic rings. The zero-order valence-corrected chi connectivity index (χ0v) is 14.2. The topological polar surface area (TPSA) is 121 Å². The van der Waals surface area contributed by atoms with Crippen molar-refractivity contribution >= 4 is 11.8 Å². The van der Waals surface area contributed by atoms with Gasteiger partial charge in [0.15, 0.2) is 17.4 Å². The van der Waals surface area contributed by atoms with E-state index in [-0.39, 0.29) is 5.95 Å². The summed E-state index contributed by atoms with van der Waals surface area (Å²) in [7, 11) is 4.67. The number of benzene rings is 1. The Hall–Kier alpha value is -3.42. The van der Waals surface area contributed by atoms with Crippen molar-refractivity contribution in [2.24, 2.45) is 0 Å². The first-order chi connectivity index (χ1) is 12.1. The molecule has 2 heterocycles. The second kappa shape index (κ2) is 6.60. The molecular weight excluding hydrogens is 322 g/mol. The highest BCUT2D eigenvalue weighted by Gasteiger charge is 2.19. The number of rotatable bonds is 5. The molecule has 0 aliphatic rings. The van der Waals surface area contributed by atoms with Crippen LogP contribution in [0.2, 0.25) is 0 Å². The van der Waals surface area contributed by atoms with Gasteiger partial charge < -0.3 is 30.7 Å². The van der Waals surface area contributed by atoms with Crippen molar-refractivity contribution in [3.05, 3.63) is 30.5 Å². The fourth-order valence-electron chi connectivity index (χ4n) is 2.58. The summed E-state index contributed by atoms with van der Waals surface area (Å²) >= 11 is 0. The number of aromatic nitrogens is 3. The first kappa shape index (κ1) is 16.4. The highest BCUT2D eigenvalue weighted by Crippen LogP contribution is 2.42. The number of H-pyrrole nitrogens is 1. The fraction of sp³-hybridized carbons (Fsp3) is 0.176. The predicted molar refractivity (Wildman–Crippen MR) is 95.7 cm³/mol. The Morgan fingerprint density at radius 3 is 2.12 bits per heavy atom. The molecule has 0 unspecified atom stereocenters. The van der Waals surface area contributed by atoms with E-state index in [1.165, 1.54) is 0 Å². The third-order valence-corrected chi connectivity index (χ3v) is 3.74. The van der Waals surface area contributed by atoms with Crippen molar-refractivity contribution in [1.29, 1.82) is 0 Å². The van der Waals surface area contributed by atoms with Crippen molar-refractivity contribution < 1.29 is 14.2 Å². The molecule has 3 rings (SSSR count). The normalized spacial score (nSPS) is 10.5. The number of hydrogen-bond donors (Lipinski definition) is 3. The molecule has 1 aromatic carbocycles. The van der Waals surface area contributed by atoms with Crippen LogP contribution in [0.25, 0.3) is 22.5 Å². The highest BCUT2D eigenvalue weighted by atomic mass is 16.5. The number of nitrogens with one attached hydrogen (secondary N) is 1. The number of ether oxygens (including phenoxy) is 3. The van der Waals surface area contributed by atoms with Gasteiger partial charge in [-0.15, -0.1) is 0 Å². The van der Waals surface area contributed by atoms with Gasteiger partial charge >= 0.3 is 0 Å². The smallest absolute Gasteiger partial charge is 0.203 e. The van der Waals surface area contributed by atoms with Crippen molar-refractivity contribution in [2.75, 3.05) is 32.8 Å². The molecule has 130 valence electrons. The number of aromatic amines is 1. The van der Waals surface area contributed by atoms with Gasteiger partial charge in [0.2, 0.25) is 5.75 Å². The van der Waals surface area contributed by atoms with E-state index in [4.69, 9.17) is 25.7 Å².